The third-order valence-electron chi connectivity index (χ3n) is 2.33. The lowest BCUT2D eigenvalue weighted by Gasteiger charge is -2.04. The first-order chi connectivity index (χ1) is 9.00. The molecule has 0 aliphatic carbocycles. The molecule has 0 aliphatic heterocycles. The minimum Gasteiger partial charge on any atom is -0.507 e. The summed E-state index contributed by atoms with van der Waals surface area (Å²) in [5.41, 5.74) is 0.503. The van der Waals surface area contributed by atoms with Gasteiger partial charge in [0.2, 0.25) is 0 Å². The second-order valence-electron chi connectivity index (χ2n) is 3.94. The van der Waals surface area contributed by atoms with Crippen LogP contribution in [-0.4, -0.2) is 52.4 Å². The molecule has 1 rings (SSSR count). The van der Waals surface area contributed by atoms with Crippen molar-refractivity contribution >= 4 is 17.9 Å². The Morgan fingerprint density at radius 2 is 2.05 bits per heavy atom. The van der Waals surface area contributed by atoms with E-state index in [1.165, 1.54) is 19.2 Å². The summed E-state index contributed by atoms with van der Waals surface area (Å²) < 4.78 is 0. The number of phenols is 1. The summed E-state index contributed by atoms with van der Waals surface area (Å²) in [7, 11) is 0. The molecule has 6 nitrogen and oxygen atoms in total. The lowest BCUT2D eigenvalue weighted by atomic mass is 10.2. The summed E-state index contributed by atoms with van der Waals surface area (Å²) in [6.07, 6.45) is 0.600. The molecular formula is C13H16N2O4. The molecule has 0 amide bonds. The van der Waals surface area contributed by atoms with Crippen LogP contribution in [0, 0.1) is 0 Å². The van der Waals surface area contributed by atoms with Crippen LogP contribution in [0.25, 0.3) is 0 Å². The van der Waals surface area contributed by atoms with Gasteiger partial charge >= 0.3 is 5.97 Å². The van der Waals surface area contributed by atoms with E-state index >= 15 is 0 Å². The highest BCUT2D eigenvalue weighted by atomic mass is 16.4. The molecule has 0 spiro atoms. The topological polar surface area (TPSA) is 102 Å². The van der Waals surface area contributed by atoms with Crippen molar-refractivity contribution in [1.29, 1.82) is 0 Å². The first-order valence-electron chi connectivity index (χ1n) is 5.71. The van der Waals surface area contributed by atoms with E-state index in [0.29, 0.717) is 5.56 Å². The van der Waals surface area contributed by atoms with Gasteiger partial charge in [-0.25, -0.2) is 4.79 Å². The number of carboxylic acids is 1. The number of aliphatic carboxylic acids is 1. The highest BCUT2D eigenvalue weighted by molar-refractivity contribution is 6.34. The number of carbonyl (C=O) groups is 1. The van der Waals surface area contributed by atoms with Gasteiger partial charge in [-0.15, -0.1) is 0 Å². The van der Waals surface area contributed by atoms with Crippen molar-refractivity contribution < 1.29 is 20.1 Å². The number of nitrogens with zero attached hydrogens (tertiary/aromatic N) is 2. The molecule has 0 aliphatic rings. The molecule has 0 bridgehead atoms. The van der Waals surface area contributed by atoms with Crippen LogP contribution in [0.2, 0.25) is 0 Å². The fraction of sp³-hybridized carbons (Fsp3) is 0.308. The van der Waals surface area contributed by atoms with Crippen molar-refractivity contribution in [1.82, 2.24) is 0 Å². The molecule has 0 aromatic heterocycles. The molecule has 19 heavy (non-hydrogen) atoms. The largest absolute Gasteiger partial charge is 0.507 e. The number of carboxylic acid groups (broad SMARTS) is 1. The fourth-order valence-corrected chi connectivity index (χ4v) is 1.24. The van der Waals surface area contributed by atoms with Crippen molar-refractivity contribution in [2.75, 3.05) is 13.1 Å². The maximum Gasteiger partial charge on any atom is 0.349 e. The highest BCUT2D eigenvalue weighted by Crippen LogP contribution is 2.12. The van der Waals surface area contributed by atoms with Crippen molar-refractivity contribution in [3.05, 3.63) is 29.8 Å². The number of hydrogen-bond donors (Lipinski definition) is 3. The summed E-state index contributed by atoms with van der Waals surface area (Å²) >= 11 is 0. The quantitative estimate of drug-likeness (QED) is 0.658. The standard InChI is InChI=1S/C13H16N2O4/c1-9(13(18)19)15-8-11(16)7-14-6-10-4-2-3-5-12(10)17/h2-6,11,16-17H,7-8H2,1H3,(H,18,19)/t11-/m0/s1. The summed E-state index contributed by atoms with van der Waals surface area (Å²) in [5, 5.41) is 27.6. The van der Waals surface area contributed by atoms with E-state index in [1.54, 1.807) is 18.2 Å². The van der Waals surface area contributed by atoms with E-state index in [2.05, 4.69) is 9.98 Å². The third kappa shape index (κ3) is 5.31. The van der Waals surface area contributed by atoms with E-state index in [0.717, 1.165) is 0 Å². The second kappa shape index (κ2) is 7.27. The van der Waals surface area contributed by atoms with Crippen LogP contribution in [-0.2, 0) is 4.79 Å². The predicted octanol–water partition coefficient (Wildman–Crippen LogP) is 0.718. The maximum absolute atomic E-state index is 10.5. The number of para-hydroxylation sites is 1. The van der Waals surface area contributed by atoms with E-state index in [4.69, 9.17) is 5.11 Å². The van der Waals surface area contributed by atoms with E-state index in [-0.39, 0.29) is 24.6 Å². The Labute approximate surface area is 110 Å². The Morgan fingerprint density at radius 1 is 1.37 bits per heavy atom. The van der Waals surface area contributed by atoms with Crippen molar-refractivity contribution in [2.24, 2.45) is 9.98 Å². The number of phenolic OH excluding ortho intramolecular Hbond substituents is 1. The monoisotopic (exact) mass is 264 g/mol. The molecule has 102 valence electrons. The number of hydrogen-bond acceptors (Lipinski definition) is 5. The van der Waals surface area contributed by atoms with Crippen LogP contribution in [0.1, 0.15) is 12.5 Å². The van der Waals surface area contributed by atoms with Gasteiger partial charge in [0.1, 0.15) is 11.5 Å². The Balaban J connectivity index is 2.47. The number of aliphatic hydroxyl groups is 1. The molecule has 0 unspecified atom stereocenters. The van der Waals surface area contributed by atoms with Crippen LogP contribution >= 0.6 is 0 Å². The fourth-order valence-electron chi connectivity index (χ4n) is 1.24. The zero-order chi connectivity index (χ0) is 14.3. The minimum atomic E-state index is -1.11. The molecule has 0 fully saturated rings. The molecule has 1 atom stereocenters. The molecule has 3 N–H and O–H groups in total. The Bertz CT molecular complexity index is 497. The molecule has 0 heterocycles. The van der Waals surface area contributed by atoms with E-state index in [1.807, 2.05) is 0 Å². The van der Waals surface area contributed by atoms with E-state index in [9.17, 15) is 15.0 Å². The van der Waals surface area contributed by atoms with Crippen molar-refractivity contribution in [3.63, 3.8) is 0 Å². The number of rotatable bonds is 6. The maximum atomic E-state index is 10.5. The summed E-state index contributed by atoms with van der Waals surface area (Å²) in [6, 6.07) is 6.69. The summed E-state index contributed by atoms with van der Waals surface area (Å²) in [5.74, 6) is -0.995. The first kappa shape index (κ1) is 14.8. The van der Waals surface area contributed by atoms with Crippen LogP contribution < -0.4 is 0 Å². The Hall–Kier alpha value is -2.21. The van der Waals surface area contributed by atoms with Gasteiger partial charge in [0.25, 0.3) is 0 Å². The van der Waals surface area contributed by atoms with E-state index < -0.39 is 12.1 Å². The lowest BCUT2D eigenvalue weighted by molar-refractivity contribution is -0.129. The smallest absolute Gasteiger partial charge is 0.349 e. The van der Waals surface area contributed by atoms with Crippen LogP contribution in [0.4, 0.5) is 0 Å². The zero-order valence-corrected chi connectivity index (χ0v) is 10.5. The molecule has 1 aromatic carbocycles. The molecule has 0 radical (unpaired) electrons. The molecule has 6 heteroatoms. The van der Waals surface area contributed by atoms with Gasteiger partial charge in [-0.1, -0.05) is 12.1 Å². The Kier molecular flexibility index (Phi) is 5.69. The number of aliphatic hydroxyl groups excluding tert-OH is 1. The van der Waals surface area contributed by atoms with Gasteiger partial charge in [0, 0.05) is 11.8 Å². The van der Waals surface area contributed by atoms with Crippen molar-refractivity contribution in [3.8, 4) is 5.75 Å². The normalized spacial score (nSPS) is 13.7. The predicted molar refractivity (Wildman–Crippen MR) is 72.2 cm³/mol. The Morgan fingerprint density at radius 3 is 2.68 bits per heavy atom. The van der Waals surface area contributed by atoms with Crippen LogP contribution in [0.5, 0.6) is 5.75 Å². The number of benzene rings is 1. The van der Waals surface area contributed by atoms with Gasteiger partial charge in [0.05, 0.1) is 19.2 Å². The zero-order valence-electron chi connectivity index (χ0n) is 10.5. The van der Waals surface area contributed by atoms with Gasteiger partial charge in [-0.2, -0.15) is 0 Å². The molecule has 1 aromatic rings. The second-order valence-corrected chi connectivity index (χ2v) is 3.94. The number of aliphatic imine (C=N–C) groups is 2. The number of aromatic hydroxyl groups is 1. The molecular weight excluding hydrogens is 248 g/mol. The third-order valence-corrected chi connectivity index (χ3v) is 2.33. The highest BCUT2D eigenvalue weighted by Gasteiger charge is 2.05. The molecule has 0 saturated heterocycles. The lowest BCUT2D eigenvalue weighted by Crippen LogP contribution is -2.18. The average Bonchev–Trinajstić information content (AvgIpc) is 2.38. The SMILES string of the molecule is CC(=NC[C@@H](O)CN=Cc1ccccc1O)C(=O)O. The molecule has 0 saturated carbocycles. The summed E-state index contributed by atoms with van der Waals surface area (Å²) in [4.78, 5) is 18.2. The van der Waals surface area contributed by atoms with Gasteiger partial charge < -0.3 is 15.3 Å². The van der Waals surface area contributed by atoms with Crippen LogP contribution in [0.15, 0.2) is 34.3 Å². The van der Waals surface area contributed by atoms with Gasteiger partial charge in [0.15, 0.2) is 0 Å². The minimum absolute atomic E-state index is 0.0176. The summed E-state index contributed by atoms with van der Waals surface area (Å²) in [6.45, 7) is 1.43. The van der Waals surface area contributed by atoms with Gasteiger partial charge in [-0.05, 0) is 19.1 Å². The first-order valence-corrected chi connectivity index (χ1v) is 5.71. The van der Waals surface area contributed by atoms with Gasteiger partial charge in [-0.3, -0.25) is 9.98 Å². The van der Waals surface area contributed by atoms with Crippen LogP contribution in [0.3, 0.4) is 0 Å². The van der Waals surface area contributed by atoms with Crippen molar-refractivity contribution in [2.45, 2.75) is 13.0 Å². The average molecular weight is 264 g/mol.